The van der Waals surface area contributed by atoms with Crippen molar-refractivity contribution in [1.29, 1.82) is 0 Å². The first-order valence-corrected chi connectivity index (χ1v) is 11.2. The fourth-order valence-electron chi connectivity index (χ4n) is 3.60. The van der Waals surface area contributed by atoms with Crippen LogP contribution >= 0.6 is 0 Å². The van der Waals surface area contributed by atoms with Gasteiger partial charge in [0.05, 0.1) is 26.0 Å². The normalized spacial score (nSPS) is 20.7. The topological polar surface area (TPSA) is 91.6 Å². The minimum atomic E-state index is -0.484. The van der Waals surface area contributed by atoms with E-state index < -0.39 is 5.60 Å². The van der Waals surface area contributed by atoms with Crippen molar-refractivity contribution in [1.82, 2.24) is 20.4 Å². The largest absolute Gasteiger partial charge is 0.469 e. The molecule has 1 aromatic heterocycles. The Morgan fingerprint density at radius 1 is 1.29 bits per heavy atom. The number of hydrogen-bond acceptors (Lipinski definition) is 6. The van der Waals surface area contributed by atoms with Crippen LogP contribution in [-0.2, 0) is 15.9 Å². The number of carbonyl (C=O) groups excluding carboxylic acids is 1. The van der Waals surface area contributed by atoms with Gasteiger partial charge in [-0.25, -0.2) is 4.79 Å². The molecule has 0 radical (unpaired) electrons. The zero-order chi connectivity index (χ0) is 22.1. The number of amides is 1. The lowest BCUT2D eigenvalue weighted by Gasteiger charge is -2.26. The van der Waals surface area contributed by atoms with Crippen LogP contribution in [0.5, 0.6) is 0 Å². The highest BCUT2D eigenvalue weighted by molar-refractivity contribution is 5.80. The van der Waals surface area contributed by atoms with Gasteiger partial charge in [-0.2, -0.15) is 0 Å². The molecule has 0 saturated carbocycles. The van der Waals surface area contributed by atoms with Gasteiger partial charge in [-0.3, -0.25) is 9.89 Å². The summed E-state index contributed by atoms with van der Waals surface area (Å²) < 4.78 is 16.3. The molecule has 2 N–H and O–H groups in total. The van der Waals surface area contributed by atoms with Gasteiger partial charge in [0.15, 0.2) is 5.96 Å². The van der Waals surface area contributed by atoms with Crippen LogP contribution in [0.4, 0.5) is 4.79 Å². The Balaban J connectivity index is 1.50. The summed E-state index contributed by atoms with van der Waals surface area (Å²) >= 11 is 0. The van der Waals surface area contributed by atoms with Crippen molar-refractivity contribution in [3.8, 4) is 0 Å². The number of hydrogen-bond donors (Lipinski definition) is 2. The van der Waals surface area contributed by atoms with Gasteiger partial charge in [0.1, 0.15) is 11.4 Å². The van der Waals surface area contributed by atoms with Crippen molar-refractivity contribution in [3.63, 3.8) is 0 Å². The summed E-state index contributed by atoms with van der Waals surface area (Å²) in [7, 11) is 0. The van der Waals surface area contributed by atoms with Crippen LogP contribution in [-0.4, -0.2) is 92.5 Å². The maximum Gasteiger partial charge on any atom is 0.410 e. The third-order valence-corrected chi connectivity index (χ3v) is 5.21. The van der Waals surface area contributed by atoms with Gasteiger partial charge >= 0.3 is 6.09 Å². The van der Waals surface area contributed by atoms with E-state index in [1.165, 1.54) is 0 Å². The molecule has 2 aliphatic heterocycles. The molecule has 2 saturated heterocycles. The van der Waals surface area contributed by atoms with Gasteiger partial charge in [-0.1, -0.05) is 0 Å². The Morgan fingerprint density at radius 2 is 2.10 bits per heavy atom. The molecule has 9 heteroatoms. The molecule has 1 unspecified atom stereocenters. The first-order chi connectivity index (χ1) is 14.9. The Morgan fingerprint density at radius 3 is 2.81 bits per heavy atom. The van der Waals surface area contributed by atoms with Crippen molar-refractivity contribution < 1.29 is 18.7 Å². The highest BCUT2D eigenvalue weighted by atomic mass is 16.6. The van der Waals surface area contributed by atoms with Crippen LogP contribution in [0.25, 0.3) is 0 Å². The fourth-order valence-corrected chi connectivity index (χ4v) is 3.60. The molecule has 9 nitrogen and oxygen atoms in total. The molecule has 3 heterocycles. The molecule has 0 aliphatic carbocycles. The van der Waals surface area contributed by atoms with Crippen LogP contribution in [0.15, 0.2) is 27.8 Å². The highest BCUT2D eigenvalue weighted by Gasteiger charge is 2.30. The van der Waals surface area contributed by atoms with E-state index in [4.69, 9.17) is 18.9 Å². The van der Waals surface area contributed by atoms with Gasteiger partial charge in [-0.15, -0.1) is 0 Å². The van der Waals surface area contributed by atoms with Crippen molar-refractivity contribution in [3.05, 3.63) is 24.2 Å². The average molecular weight is 436 g/mol. The molecule has 0 aromatic carbocycles. The predicted molar refractivity (Wildman–Crippen MR) is 119 cm³/mol. The molecular formula is C22H37N5O4. The number of furan rings is 1. The zero-order valence-electron chi connectivity index (χ0n) is 19.1. The van der Waals surface area contributed by atoms with Gasteiger partial charge in [0.25, 0.3) is 0 Å². The van der Waals surface area contributed by atoms with E-state index in [9.17, 15) is 4.79 Å². The second-order valence-corrected chi connectivity index (χ2v) is 9.00. The average Bonchev–Trinajstić information content (AvgIpc) is 3.39. The van der Waals surface area contributed by atoms with Gasteiger partial charge < -0.3 is 29.4 Å². The smallest absolute Gasteiger partial charge is 0.410 e. The van der Waals surface area contributed by atoms with Crippen LogP contribution in [0.1, 0.15) is 33.0 Å². The number of likely N-dealkylation sites (tertiary alicyclic amines) is 1. The summed E-state index contributed by atoms with van der Waals surface area (Å²) in [6.07, 6.45) is 3.08. The van der Waals surface area contributed by atoms with Gasteiger partial charge in [0, 0.05) is 51.7 Å². The molecule has 2 fully saturated rings. The maximum atomic E-state index is 12.3. The van der Waals surface area contributed by atoms with E-state index in [1.807, 2.05) is 32.9 Å². The van der Waals surface area contributed by atoms with E-state index in [0.717, 1.165) is 64.0 Å². The fraction of sp³-hybridized carbons (Fsp3) is 0.727. The van der Waals surface area contributed by atoms with Crippen molar-refractivity contribution >= 4 is 12.1 Å². The van der Waals surface area contributed by atoms with E-state index >= 15 is 0 Å². The number of ether oxygens (including phenoxy) is 2. The SMILES string of the molecule is CC(C)(C)OC(=O)N1CCC(NC(=NCCN2CCOCC2)NCCc2ccco2)C1. The number of nitrogens with one attached hydrogen (secondary N) is 2. The van der Waals surface area contributed by atoms with Crippen molar-refractivity contribution in [2.45, 2.75) is 45.3 Å². The number of nitrogens with zero attached hydrogens (tertiary/aromatic N) is 3. The molecule has 3 rings (SSSR count). The third kappa shape index (κ3) is 8.41. The molecule has 31 heavy (non-hydrogen) atoms. The van der Waals surface area contributed by atoms with Gasteiger partial charge in [-0.05, 0) is 39.3 Å². The lowest BCUT2D eigenvalue weighted by Crippen LogP contribution is -2.46. The minimum Gasteiger partial charge on any atom is -0.469 e. The van der Waals surface area contributed by atoms with Crippen LogP contribution < -0.4 is 10.6 Å². The zero-order valence-corrected chi connectivity index (χ0v) is 19.1. The lowest BCUT2D eigenvalue weighted by atomic mass is 10.2. The first kappa shape index (κ1) is 23.4. The first-order valence-electron chi connectivity index (χ1n) is 11.2. The van der Waals surface area contributed by atoms with Crippen molar-refractivity contribution in [2.75, 3.05) is 59.0 Å². The molecule has 2 aliphatic rings. The summed E-state index contributed by atoms with van der Waals surface area (Å²) in [5.41, 5.74) is -0.484. The van der Waals surface area contributed by atoms with E-state index in [-0.39, 0.29) is 12.1 Å². The Hall–Kier alpha value is -2.26. The molecule has 0 spiro atoms. The molecule has 1 aromatic rings. The van der Waals surface area contributed by atoms with Crippen LogP contribution in [0.2, 0.25) is 0 Å². The number of morpholine rings is 1. The summed E-state index contributed by atoms with van der Waals surface area (Å²) in [6, 6.07) is 4.01. The molecule has 0 bridgehead atoms. The van der Waals surface area contributed by atoms with Crippen LogP contribution in [0, 0.1) is 0 Å². The Bertz CT molecular complexity index is 695. The molecule has 1 amide bonds. The second kappa shape index (κ2) is 11.4. The standard InChI is InChI=1S/C22H37N5O4/c1-22(2,3)31-21(28)27-10-7-18(17-27)25-20(23-8-6-19-5-4-14-30-19)24-9-11-26-12-15-29-16-13-26/h4-5,14,18H,6-13,15-17H2,1-3H3,(H2,23,24,25). The quantitative estimate of drug-likeness (QED) is 0.498. The van der Waals surface area contributed by atoms with E-state index in [2.05, 4.69) is 15.5 Å². The maximum absolute atomic E-state index is 12.3. The number of rotatable bonds is 7. The number of aliphatic imine (C=N–C) groups is 1. The molecular weight excluding hydrogens is 398 g/mol. The summed E-state index contributed by atoms with van der Waals surface area (Å²) in [5, 5.41) is 6.90. The molecule has 1 atom stereocenters. The monoisotopic (exact) mass is 435 g/mol. The third-order valence-electron chi connectivity index (χ3n) is 5.21. The predicted octanol–water partition coefficient (Wildman–Crippen LogP) is 1.70. The number of guanidine groups is 1. The highest BCUT2D eigenvalue weighted by Crippen LogP contribution is 2.15. The van der Waals surface area contributed by atoms with E-state index in [1.54, 1.807) is 11.2 Å². The second-order valence-electron chi connectivity index (χ2n) is 9.00. The Labute approximate surface area is 185 Å². The van der Waals surface area contributed by atoms with Gasteiger partial charge in [0.2, 0.25) is 0 Å². The minimum absolute atomic E-state index is 0.144. The van der Waals surface area contributed by atoms with E-state index in [0.29, 0.717) is 19.6 Å². The summed E-state index contributed by atoms with van der Waals surface area (Å²) in [6.45, 7) is 12.8. The molecule has 174 valence electrons. The van der Waals surface area contributed by atoms with Crippen molar-refractivity contribution in [2.24, 2.45) is 4.99 Å². The number of carbonyl (C=O) groups is 1. The van der Waals surface area contributed by atoms with Crippen LogP contribution in [0.3, 0.4) is 0 Å². The summed E-state index contributed by atoms with van der Waals surface area (Å²) in [5.74, 6) is 1.72. The Kier molecular flexibility index (Phi) is 8.60. The lowest BCUT2D eigenvalue weighted by molar-refractivity contribution is 0.0291. The summed E-state index contributed by atoms with van der Waals surface area (Å²) in [4.78, 5) is 21.3.